The molecule has 0 aliphatic heterocycles. The lowest BCUT2D eigenvalue weighted by Gasteiger charge is -2.40. The van der Waals surface area contributed by atoms with Crippen molar-refractivity contribution in [2.24, 2.45) is 11.3 Å². The summed E-state index contributed by atoms with van der Waals surface area (Å²) in [6.45, 7) is 2.40. The third-order valence-corrected chi connectivity index (χ3v) is 5.07. The number of hydrogen-bond acceptors (Lipinski definition) is 1. The molecule has 2 unspecified atom stereocenters. The Kier molecular flexibility index (Phi) is 2.12. The van der Waals surface area contributed by atoms with Gasteiger partial charge in [0.2, 0.25) is 0 Å². The van der Waals surface area contributed by atoms with E-state index in [2.05, 4.69) is 12.2 Å². The second kappa shape index (κ2) is 3.23. The average Bonchev–Trinajstić information content (AvgIpc) is 2.95. The second-order valence-corrected chi connectivity index (χ2v) is 6.10. The van der Waals surface area contributed by atoms with Crippen molar-refractivity contribution in [1.82, 2.24) is 5.32 Å². The predicted octanol–water partition coefficient (Wildman–Crippen LogP) is 3.10. The summed E-state index contributed by atoms with van der Waals surface area (Å²) >= 11 is 0. The molecule has 14 heavy (non-hydrogen) atoms. The standard InChI is InChI=1S/C13H23N/c1-10-2-3-12(10)14-11-4-6-13(7-5-11)8-9-13/h10-12,14H,2-9H2,1H3. The number of nitrogens with one attached hydrogen (secondary N) is 1. The predicted molar refractivity (Wildman–Crippen MR) is 59.2 cm³/mol. The Balaban J connectivity index is 1.46. The van der Waals surface area contributed by atoms with Crippen LogP contribution >= 0.6 is 0 Å². The summed E-state index contributed by atoms with van der Waals surface area (Å²) in [7, 11) is 0. The van der Waals surface area contributed by atoms with Crippen LogP contribution in [0.5, 0.6) is 0 Å². The molecule has 0 heterocycles. The van der Waals surface area contributed by atoms with Crippen LogP contribution in [0, 0.1) is 11.3 Å². The van der Waals surface area contributed by atoms with Gasteiger partial charge in [-0.3, -0.25) is 0 Å². The van der Waals surface area contributed by atoms with E-state index in [4.69, 9.17) is 0 Å². The molecule has 3 rings (SSSR count). The van der Waals surface area contributed by atoms with Crippen LogP contribution in [-0.2, 0) is 0 Å². The molecule has 0 amide bonds. The Labute approximate surface area is 87.7 Å². The van der Waals surface area contributed by atoms with Crippen LogP contribution < -0.4 is 5.32 Å². The van der Waals surface area contributed by atoms with Gasteiger partial charge in [-0.15, -0.1) is 0 Å². The van der Waals surface area contributed by atoms with Crippen molar-refractivity contribution in [1.29, 1.82) is 0 Å². The summed E-state index contributed by atoms with van der Waals surface area (Å²) in [4.78, 5) is 0. The van der Waals surface area contributed by atoms with Gasteiger partial charge in [0.25, 0.3) is 0 Å². The summed E-state index contributed by atoms with van der Waals surface area (Å²) in [5.41, 5.74) is 0.864. The van der Waals surface area contributed by atoms with E-state index >= 15 is 0 Å². The fraction of sp³-hybridized carbons (Fsp3) is 1.00. The first-order chi connectivity index (χ1) is 6.77. The molecule has 1 N–H and O–H groups in total. The molecule has 3 aliphatic carbocycles. The largest absolute Gasteiger partial charge is 0.311 e. The van der Waals surface area contributed by atoms with Crippen LogP contribution in [0.2, 0.25) is 0 Å². The molecule has 1 heteroatoms. The highest BCUT2D eigenvalue weighted by atomic mass is 15.0. The van der Waals surface area contributed by atoms with Crippen molar-refractivity contribution in [2.75, 3.05) is 0 Å². The van der Waals surface area contributed by atoms with Crippen LogP contribution in [0.3, 0.4) is 0 Å². The molecule has 0 radical (unpaired) electrons. The van der Waals surface area contributed by atoms with E-state index in [-0.39, 0.29) is 0 Å². The quantitative estimate of drug-likeness (QED) is 0.710. The minimum atomic E-state index is 0.864. The molecular formula is C13H23N. The fourth-order valence-electron chi connectivity index (χ4n) is 3.29. The van der Waals surface area contributed by atoms with Gasteiger partial charge in [-0.25, -0.2) is 0 Å². The van der Waals surface area contributed by atoms with Gasteiger partial charge in [-0.05, 0) is 62.7 Å². The highest BCUT2D eigenvalue weighted by Crippen LogP contribution is 2.56. The smallest absolute Gasteiger partial charge is 0.00954 e. The lowest BCUT2D eigenvalue weighted by molar-refractivity contribution is 0.176. The van der Waals surface area contributed by atoms with E-state index < -0.39 is 0 Å². The summed E-state index contributed by atoms with van der Waals surface area (Å²) in [6.07, 6.45) is 11.9. The molecule has 2 atom stereocenters. The second-order valence-electron chi connectivity index (χ2n) is 6.10. The maximum atomic E-state index is 3.87. The lowest BCUT2D eigenvalue weighted by atomic mass is 9.78. The van der Waals surface area contributed by atoms with Crippen LogP contribution in [0.4, 0.5) is 0 Å². The van der Waals surface area contributed by atoms with E-state index in [1.54, 1.807) is 12.8 Å². The molecule has 0 saturated heterocycles. The Morgan fingerprint density at radius 3 is 2.07 bits per heavy atom. The van der Waals surface area contributed by atoms with E-state index in [1.165, 1.54) is 38.5 Å². The van der Waals surface area contributed by atoms with Crippen LogP contribution in [-0.4, -0.2) is 12.1 Å². The van der Waals surface area contributed by atoms with Crippen LogP contribution in [0.25, 0.3) is 0 Å². The maximum Gasteiger partial charge on any atom is 0.00954 e. The summed E-state index contributed by atoms with van der Waals surface area (Å²) in [6, 6.07) is 1.74. The third-order valence-electron chi connectivity index (χ3n) is 5.07. The Morgan fingerprint density at radius 1 is 0.929 bits per heavy atom. The zero-order valence-corrected chi connectivity index (χ0v) is 9.39. The monoisotopic (exact) mass is 193 g/mol. The summed E-state index contributed by atoms with van der Waals surface area (Å²) < 4.78 is 0. The zero-order chi connectivity index (χ0) is 9.60. The SMILES string of the molecule is CC1CCC1NC1CCC2(CC1)CC2. The van der Waals surface area contributed by atoms with Gasteiger partial charge in [-0.1, -0.05) is 6.92 Å². The van der Waals surface area contributed by atoms with E-state index in [1.807, 2.05) is 0 Å². The highest BCUT2D eigenvalue weighted by molar-refractivity contribution is 4.99. The Hall–Kier alpha value is -0.0400. The minimum Gasteiger partial charge on any atom is -0.311 e. The first-order valence-corrected chi connectivity index (χ1v) is 6.54. The molecule has 0 aromatic heterocycles. The molecule has 80 valence electrons. The fourth-order valence-corrected chi connectivity index (χ4v) is 3.29. The lowest BCUT2D eigenvalue weighted by Crippen LogP contribution is -2.48. The van der Waals surface area contributed by atoms with Gasteiger partial charge >= 0.3 is 0 Å². The first-order valence-electron chi connectivity index (χ1n) is 6.54. The van der Waals surface area contributed by atoms with Crippen LogP contribution in [0.1, 0.15) is 58.3 Å². The van der Waals surface area contributed by atoms with Gasteiger partial charge in [0.15, 0.2) is 0 Å². The topological polar surface area (TPSA) is 12.0 Å². The molecular weight excluding hydrogens is 170 g/mol. The van der Waals surface area contributed by atoms with E-state index in [0.717, 1.165) is 23.4 Å². The average molecular weight is 193 g/mol. The van der Waals surface area contributed by atoms with Gasteiger partial charge in [0, 0.05) is 12.1 Å². The van der Waals surface area contributed by atoms with Crippen molar-refractivity contribution in [3.05, 3.63) is 0 Å². The normalized spacial score (nSPS) is 40.9. The molecule has 0 aromatic carbocycles. The van der Waals surface area contributed by atoms with Crippen LogP contribution in [0.15, 0.2) is 0 Å². The minimum absolute atomic E-state index is 0.864. The zero-order valence-electron chi connectivity index (χ0n) is 9.39. The molecule has 3 saturated carbocycles. The molecule has 0 bridgehead atoms. The molecule has 1 spiro atoms. The highest BCUT2D eigenvalue weighted by Gasteiger charge is 2.45. The van der Waals surface area contributed by atoms with Crippen molar-refractivity contribution in [3.8, 4) is 0 Å². The van der Waals surface area contributed by atoms with Gasteiger partial charge in [-0.2, -0.15) is 0 Å². The Morgan fingerprint density at radius 2 is 1.64 bits per heavy atom. The van der Waals surface area contributed by atoms with Gasteiger partial charge < -0.3 is 5.32 Å². The number of hydrogen-bond donors (Lipinski definition) is 1. The first kappa shape index (κ1) is 9.21. The van der Waals surface area contributed by atoms with Crippen molar-refractivity contribution in [2.45, 2.75) is 70.4 Å². The van der Waals surface area contributed by atoms with E-state index in [0.29, 0.717) is 0 Å². The van der Waals surface area contributed by atoms with Gasteiger partial charge in [0.1, 0.15) is 0 Å². The van der Waals surface area contributed by atoms with Crippen molar-refractivity contribution >= 4 is 0 Å². The molecule has 3 aliphatic rings. The third kappa shape index (κ3) is 1.60. The van der Waals surface area contributed by atoms with Gasteiger partial charge in [0.05, 0.1) is 0 Å². The molecule has 3 fully saturated rings. The summed E-state index contributed by atoms with van der Waals surface area (Å²) in [5.74, 6) is 0.951. The number of rotatable bonds is 2. The summed E-state index contributed by atoms with van der Waals surface area (Å²) in [5, 5.41) is 3.87. The molecule has 1 nitrogen and oxygen atoms in total. The van der Waals surface area contributed by atoms with E-state index in [9.17, 15) is 0 Å². The van der Waals surface area contributed by atoms with Crippen molar-refractivity contribution < 1.29 is 0 Å². The Bertz CT molecular complexity index is 209. The molecule has 0 aromatic rings. The van der Waals surface area contributed by atoms with Crippen molar-refractivity contribution in [3.63, 3.8) is 0 Å². The maximum absolute atomic E-state index is 3.87.